The van der Waals surface area contributed by atoms with Crippen LogP contribution in [0.25, 0.3) is 0 Å². The Hall–Kier alpha value is -5.20. The third-order valence-corrected chi connectivity index (χ3v) is 11.5. The topological polar surface area (TPSA) is 157 Å². The molecule has 2 fully saturated rings. The number of hydrogen-bond donors (Lipinski definition) is 4. The van der Waals surface area contributed by atoms with E-state index in [0.717, 1.165) is 49.2 Å². The number of halogens is 3. The smallest absolute Gasteiger partial charge is 0.369 e. The number of carbonyl (C=O) groups excluding carboxylic acids is 3. The van der Waals surface area contributed by atoms with Gasteiger partial charge >= 0.3 is 6.18 Å². The summed E-state index contributed by atoms with van der Waals surface area (Å²) >= 11 is 4.65. The first-order valence-corrected chi connectivity index (χ1v) is 19.8. The Labute approximate surface area is 320 Å². The van der Waals surface area contributed by atoms with E-state index in [2.05, 4.69) is 48.3 Å². The monoisotopic (exact) mass is 794 g/mol. The van der Waals surface area contributed by atoms with Crippen molar-refractivity contribution in [2.45, 2.75) is 48.4 Å². The molecule has 3 aliphatic rings. The van der Waals surface area contributed by atoms with E-state index in [1.807, 2.05) is 30.3 Å². The van der Waals surface area contributed by atoms with Gasteiger partial charge in [-0.1, -0.05) is 24.3 Å². The van der Waals surface area contributed by atoms with Crippen LogP contribution in [-0.4, -0.2) is 84.4 Å². The first-order valence-electron chi connectivity index (χ1n) is 17.4. The number of aromatic nitrogens is 2. The quantitative estimate of drug-likeness (QED) is 0.130. The summed E-state index contributed by atoms with van der Waals surface area (Å²) in [6.07, 6.45) is -2.53. The molecule has 3 amide bonds. The second-order valence-electron chi connectivity index (χ2n) is 13.6. The van der Waals surface area contributed by atoms with Gasteiger partial charge in [0.25, 0.3) is 5.91 Å². The molecule has 288 valence electrons. The van der Waals surface area contributed by atoms with Crippen molar-refractivity contribution in [2.75, 3.05) is 48.0 Å². The van der Waals surface area contributed by atoms with Crippen molar-refractivity contribution >= 4 is 63.3 Å². The molecule has 18 heteroatoms. The number of piperidine rings is 1. The third-order valence-electron chi connectivity index (χ3n) is 9.82. The lowest BCUT2D eigenvalue weighted by Crippen LogP contribution is -2.53. The number of nitrogens with one attached hydrogen (secondary N) is 3. The maximum atomic E-state index is 13.8. The minimum atomic E-state index is -4.72. The van der Waals surface area contributed by atoms with E-state index in [1.54, 1.807) is 18.2 Å². The van der Waals surface area contributed by atoms with Gasteiger partial charge in [-0.15, -0.1) is 12.6 Å². The van der Waals surface area contributed by atoms with Crippen molar-refractivity contribution in [3.8, 4) is 0 Å². The van der Waals surface area contributed by atoms with Crippen molar-refractivity contribution in [1.29, 1.82) is 0 Å². The van der Waals surface area contributed by atoms with Crippen molar-refractivity contribution in [2.24, 2.45) is 0 Å². The summed E-state index contributed by atoms with van der Waals surface area (Å²) in [4.78, 5) is 51.5. The van der Waals surface area contributed by atoms with Gasteiger partial charge in [-0.05, 0) is 65.6 Å². The van der Waals surface area contributed by atoms with E-state index >= 15 is 0 Å². The summed E-state index contributed by atoms with van der Waals surface area (Å²) in [5.41, 5.74) is 3.16. The molecule has 55 heavy (non-hydrogen) atoms. The number of piperazine rings is 1. The molecule has 0 spiro atoms. The number of fused-ring (bicyclic) bond motifs is 1. The number of thiol groups is 1. The highest BCUT2D eigenvalue weighted by Crippen LogP contribution is 2.40. The molecule has 4 aromatic rings. The molecule has 0 saturated carbocycles. The predicted molar refractivity (Wildman–Crippen MR) is 202 cm³/mol. The molecule has 3 aliphatic heterocycles. The molecule has 3 aromatic carbocycles. The maximum absolute atomic E-state index is 13.8. The highest BCUT2D eigenvalue weighted by molar-refractivity contribution is 7.90. The van der Waals surface area contributed by atoms with Crippen LogP contribution in [0.1, 0.15) is 50.8 Å². The lowest BCUT2D eigenvalue weighted by Gasteiger charge is -2.36. The zero-order valence-electron chi connectivity index (χ0n) is 29.5. The average Bonchev–Trinajstić information content (AvgIpc) is 3.39. The molecular weight excluding hydrogens is 758 g/mol. The van der Waals surface area contributed by atoms with Crippen molar-refractivity contribution in [3.05, 3.63) is 101 Å². The van der Waals surface area contributed by atoms with Crippen LogP contribution in [-0.2, 0) is 38.7 Å². The number of amides is 3. The molecular formula is C37H37F3N8O5S2. The molecule has 4 heterocycles. The molecule has 1 aromatic heterocycles. The Balaban J connectivity index is 0.947. The zero-order valence-corrected chi connectivity index (χ0v) is 31.2. The molecule has 2 saturated heterocycles. The van der Waals surface area contributed by atoms with E-state index in [4.69, 9.17) is 0 Å². The van der Waals surface area contributed by atoms with Gasteiger partial charge in [-0.3, -0.25) is 24.6 Å². The van der Waals surface area contributed by atoms with Crippen LogP contribution in [0.5, 0.6) is 0 Å². The fourth-order valence-electron chi connectivity index (χ4n) is 6.93. The van der Waals surface area contributed by atoms with Gasteiger partial charge in [0, 0.05) is 75.1 Å². The number of hydrogen-bond acceptors (Lipinski definition) is 12. The highest BCUT2D eigenvalue weighted by atomic mass is 32.2. The van der Waals surface area contributed by atoms with Gasteiger partial charge < -0.3 is 20.4 Å². The molecule has 7 rings (SSSR count). The first kappa shape index (κ1) is 38.1. The van der Waals surface area contributed by atoms with Gasteiger partial charge in [0.2, 0.25) is 17.8 Å². The maximum Gasteiger partial charge on any atom is 0.421 e. The van der Waals surface area contributed by atoms with Gasteiger partial charge in [0.15, 0.2) is 9.84 Å². The molecule has 0 aliphatic carbocycles. The largest absolute Gasteiger partial charge is 0.421 e. The Bertz CT molecular complexity index is 2250. The molecule has 0 radical (unpaired) electrons. The number of benzene rings is 3. The Morgan fingerprint density at radius 2 is 1.71 bits per heavy atom. The van der Waals surface area contributed by atoms with Crippen LogP contribution in [0.2, 0.25) is 0 Å². The molecule has 2 unspecified atom stereocenters. The number of imide groups is 1. The van der Waals surface area contributed by atoms with Crippen LogP contribution >= 0.6 is 12.6 Å². The lowest BCUT2D eigenvalue weighted by atomic mass is 10.0. The van der Waals surface area contributed by atoms with Gasteiger partial charge in [0.05, 0.1) is 4.90 Å². The summed E-state index contributed by atoms with van der Waals surface area (Å²) in [7, 11) is -3.49. The van der Waals surface area contributed by atoms with E-state index < -0.39 is 44.7 Å². The molecule has 13 nitrogen and oxygen atoms in total. The number of carbonyl (C=O) groups is 3. The predicted octanol–water partition coefficient (Wildman–Crippen LogP) is 4.77. The number of sulfone groups is 1. The molecule has 2 atom stereocenters. The Kier molecular flexibility index (Phi) is 10.5. The fourth-order valence-corrected chi connectivity index (χ4v) is 8.12. The third kappa shape index (κ3) is 8.40. The lowest BCUT2D eigenvalue weighted by molar-refractivity contribution is -0.138. The molecule has 3 N–H and O–H groups in total. The highest BCUT2D eigenvalue weighted by Gasteiger charge is 2.43. The van der Waals surface area contributed by atoms with Crippen LogP contribution < -0.4 is 20.9 Å². The summed E-state index contributed by atoms with van der Waals surface area (Å²) in [6.45, 7) is 3.53. The van der Waals surface area contributed by atoms with Crippen LogP contribution in [0.3, 0.4) is 0 Å². The number of rotatable bonds is 10. The van der Waals surface area contributed by atoms with Crippen molar-refractivity contribution in [3.63, 3.8) is 0 Å². The van der Waals surface area contributed by atoms with Crippen molar-refractivity contribution < 1.29 is 36.0 Å². The normalized spacial score (nSPS) is 19.3. The second kappa shape index (κ2) is 15.1. The van der Waals surface area contributed by atoms with E-state index in [1.165, 1.54) is 23.1 Å². The van der Waals surface area contributed by atoms with E-state index in [9.17, 15) is 36.0 Å². The van der Waals surface area contributed by atoms with Crippen molar-refractivity contribution in [1.82, 2.24) is 25.1 Å². The van der Waals surface area contributed by atoms with Gasteiger partial charge in [-0.2, -0.15) is 18.2 Å². The number of nitrogens with zero attached hydrogens (tertiary/aromatic N) is 5. The summed E-state index contributed by atoms with van der Waals surface area (Å²) in [6, 6.07) is 18.3. The number of alkyl halides is 3. The number of anilines is 4. The fraction of sp³-hybridized carbons (Fsp3) is 0.324. The SMILES string of the molecule is CS(=O)(=O)c1cccc(CNc2nc(Nc3ccc(N4CCN(Cc5ccc6c(c5)C(=O)N(C5CCC(=O)NC5=O)C6S)CC4)cc3)ncc2C(F)(F)F)c1. The second-order valence-corrected chi connectivity index (χ2v) is 16.1. The Morgan fingerprint density at radius 1 is 0.964 bits per heavy atom. The average molecular weight is 795 g/mol. The van der Waals surface area contributed by atoms with Gasteiger partial charge in [-0.25, -0.2) is 13.4 Å². The Morgan fingerprint density at radius 3 is 2.40 bits per heavy atom. The van der Waals surface area contributed by atoms with Crippen LogP contribution in [0.15, 0.2) is 77.8 Å². The summed E-state index contributed by atoms with van der Waals surface area (Å²) < 4.78 is 65.3. The van der Waals surface area contributed by atoms with E-state index in [0.29, 0.717) is 29.6 Å². The van der Waals surface area contributed by atoms with Crippen LogP contribution in [0, 0.1) is 0 Å². The first-order chi connectivity index (χ1) is 26.1. The summed E-state index contributed by atoms with van der Waals surface area (Å²) in [5.74, 6) is -1.60. The molecule has 0 bridgehead atoms. The van der Waals surface area contributed by atoms with Crippen LogP contribution in [0.4, 0.5) is 36.3 Å². The van der Waals surface area contributed by atoms with E-state index in [-0.39, 0.29) is 42.0 Å². The standard InChI is InChI=1S/C37H37F3N8O5S2/c1-55(52,53)26-4-2-3-22(17-26)19-41-32-29(37(38,39)40)20-42-36(45-32)43-24-6-8-25(9-7-24)47-15-13-46(14-16-47)21-23-5-10-27-28(18-23)34(51)48(35(27)54)30-11-12-31(49)44-33(30)50/h2-10,17-18,20,30,35,54H,11-16,19,21H2,1H3,(H,44,49,50)(H2,41,42,43,45). The minimum Gasteiger partial charge on any atom is -0.369 e. The van der Waals surface area contributed by atoms with Gasteiger partial charge in [0.1, 0.15) is 22.8 Å². The zero-order chi connectivity index (χ0) is 39.1. The summed E-state index contributed by atoms with van der Waals surface area (Å²) in [5, 5.41) is 7.39. The minimum absolute atomic E-state index is 0.0522.